The van der Waals surface area contributed by atoms with Gasteiger partial charge in [0.25, 0.3) is 0 Å². The maximum Gasteiger partial charge on any atom is 0.193 e. The zero-order valence-corrected chi connectivity index (χ0v) is 18.4. The largest absolute Gasteiger partial charge is 0.494 e. The van der Waals surface area contributed by atoms with Gasteiger partial charge in [-0.15, -0.1) is 0 Å². The molecule has 0 unspecified atom stereocenters. The molecule has 0 aliphatic carbocycles. The number of benzene rings is 1. The van der Waals surface area contributed by atoms with Gasteiger partial charge < -0.3 is 15.0 Å². The summed E-state index contributed by atoms with van der Waals surface area (Å²) in [5.41, 5.74) is 4.33. The summed E-state index contributed by atoms with van der Waals surface area (Å²) in [5, 5.41) is 7.88. The number of rotatable bonds is 7. The summed E-state index contributed by atoms with van der Waals surface area (Å²) in [6, 6.07) is 14.3. The van der Waals surface area contributed by atoms with Crippen LogP contribution in [0.15, 0.2) is 53.7 Å². The van der Waals surface area contributed by atoms with E-state index in [9.17, 15) is 0 Å². The topological polar surface area (TPSA) is 67.6 Å². The number of nitrogens with one attached hydrogen (secondary N) is 1. The number of pyridine rings is 1. The molecule has 0 saturated carbocycles. The molecule has 0 saturated heterocycles. The van der Waals surface area contributed by atoms with Gasteiger partial charge in [-0.3, -0.25) is 4.99 Å². The van der Waals surface area contributed by atoms with Crippen LogP contribution >= 0.6 is 0 Å². The van der Waals surface area contributed by atoms with Crippen LogP contribution in [0.25, 0.3) is 5.82 Å². The Kier molecular flexibility index (Phi) is 7.06. The smallest absolute Gasteiger partial charge is 0.193 e. The number of aliphatic imine (C=N–C) groups is 1. The van der Waals surface area contributed by atoms with E-state index in [1.54, 1.807) is 7.05 Å². The quantitative estimate of drug-likeness (QED) is 0.481. The second kappa shape index (κ2) is 9.91. The van der Waals surface area contributed by atoms with E-state index in [1.807, 2.05) is 63.0 Å². The highest BCUT2D eigenvalue weighted by atomic mass is 16.5. The molecule has 1 aromatic carbocycles. The minimum absolute atomic E-state index is 0.644. The van der Waals surface area contributed by atoms with Crippen molar-refractivity contribution in [3.8, 4) is 11.6 Å². The van der Waals surface area contributed by atoms with Crippen molar-refractivity contribution in [1.82, 2.24) is 25.0 Å². The fourth-order valence-electron chi connectivity index (χ4n) is 3.28. The number of hydrogen-bond acceptors (Lipinski definition) is 4. The van der Waals surface area contributed by atoms with Crippen LogP contribution in [-0.4, -0.2) is 46.3 Å². The fourth-order valence-corrected chi connectivity index (χ4v) is 3.28. The Hall–Kier alpha value is -3.35. The van der Waals surface area contributed by atoms with Crippen molar-refractivity contribution < 1.29 is 4.74 Å². The summed E-state index contributed by atoms with van der Waals surface area (Å²) in [4.78, 5) is 11.0. The minimum atomic E-state index is 0.644. The summed E-state index contributed by atoms with van der Waals surface area (Å²) in [5.74, 6) is 2.54. The molecule has 0 spiro atoms. The predicted octanol–water partition coefficient (Wildman–Crippen LogP) is 3.49. The molecule has 0 amide bonds. The van der Waals surface area contributed by atoms with Gasteiger partial charge in [0.2, 0.25) is 0 Å². The highest BCUT2D eigenvalue weighted by Gasteiger charge is 2.08. The van der Waals surface area contributed by atoms with E-state index in [0.29, 0.717) is 13.2 Å². The zero-order chi connectivity index (χ0) is 21.5. The van der Waals surface area contributed by atoms with Gasteiger partial charge in [0.1, 0.15) is 5.75 Å². The molecule has 0 fully saturated rings. The van der Waals surface area contributed by atoms with Gasteiger partial charge in [0.15, 0.2) is 11.8 Å². The first-order chi connectivity index (χ1) is 14.5. The predicted molar refractivity (Wildman–Crippen MR) is 120 cm³/mol. The van der Waals surface area contributed by atoms with E-state index in [1.165, 1.54) is 5.56 Å². The van der Waals surface area contributed by atoms with Crippen molar-refractivity contribution in [3.63, 3.8) is 0 Å². The van der Waals surface area contributed by atoms with E-state index < -0.39 is 0 Å². The van der Waals surface area contributed by atoms with Crippen LogP contribution in [0.1, 0.15) is 29.4 Å². The van der Waals surface area contributed by atoms with Crippen LogP contribution in [0.2, 0.25) is 0 Å². The lowest BCUT2D eigenvalue weighted by Crippen LogP contribution is -2.38. The summed E-state index contributed by atoms with van der Waals surface area (Å²) in [7, 11) is 3.82. The number of hydrogen-bond donors (Lipinski definition) is 1. The Morgan fingerprint density at radius 2 is 1.87 bits per heavy atom. The Bertz CT molecular complexity index is 976. The zero-order valence-electron chi connectivity index (χ0n) is 18.4. The molecule has 158 valence electrons. The molecule has 1 N–H and O–H groups in total. The highest BCUT2D eigenvalue weighted by molar-refractivity contribution is 5.79. The summed E-state index contributed by atoms with van der Waals surface area (Å²) in [6.45, 7) is 8.07. The maximum atomic E-state index is 5.51. The van der Waals surface area contributed by atoms with E-state index in [-0.39, 0.29) is 0 Å². The molecule has 0 aliphatic heterocycles. The average molecular weight is 407 g/mol. The number of guanidine groups is 1. The molecule has 3 aromatic rings. The SMILES string of the molecule is CCOc1ccc(CN(C)C(=NC)NCc2ccc(-n3nc(C)cc3C)nc2)cc1. The van der Waals surface area contributed by atoms with E-state index >= 15 is 0 Å². The number of aromatic nitrogens is 3. The third-order valence-corrected chi connectivity index (χ3v) is 4.71. The van der Waals surface area contributed by atoms with Crippen LogP contribution in [0.3, 0.4) is 0 Å². The lowest BCUT2D eigenvalue weighted by Gasteiger charge is -2.22. The van der Waals surface area contributed by atoms with Crippen molar-refractivity contribution in [2.45, 2.75) is 33.9 Å². The molecule has 7 nitrogen and oxygen atoms in total. The molecule has 0 bridgehead atoms. The van der Waals surface area contributed by atoms with Crippen LogP contribution < -0.4 is 10.1 Å². The van der Waals surface area contributed by atoms with Crippen LogP contribution in [0.4, 0.5) is 0 Å². The van der Waals surface area contributed by atoms with Gasteiger partial charge in [-0.1, -0.05) is 18.2 Å². The Morgan fingerprint density at radius 1 is 1.13 bits per heavy atom. The van der Waals surface area contributed by atoms with Crippen LogP contribution in [0.5, 0.6) is 5.75 Å². The van der Waals surface area contributed by atoms with Gasteiger partial charge in [-0.2, -0.15) is 5.10 Å². The highest BCUT2D eigenvalue weighted by Crippen LogP contribution is 2.14. The summed E-state index contributed by atoms with van der Waals surface area (Å²) < 4.78 is 7.36. The standard InChI is InChI=1S/C23H30N6O/c1-6-30-21-10-7-19(8-11-21)16-28(5)23(24-4)26-15-20-9-12-22(25-14-20)29-18(3)13-17(2)27-29/h7-14H,6,15-16H2,1-5H3,(H,24,26). The summed E-state index contributed by atoms with van der Waals surface area (Å²) in [6.07, 6.45) is 1.87. The van der Waals surface area contributed by atoms with Crippen molar-refractivity contribution >= 4 is 5.96 Å². The normalized spacial score (nSPS) is 11.4. The van der Waals surface area contributed by atoms with Gasteiger partial charge in [-0.05, 0) is 56.2 Å². The van der Waals surface area contributed by atoms with Crippen LogP contribution in [-0.2, 0) is 13.1 Å². The van der Waals surface area contributed by atoms with Crippen molar-refractivity contribution in [2.24, 2.45) is 4.99 Å². The average Bonchev–Trinajstić information content (AvgIpc) is 3.08. The van der Waals surface area contributed by atoms with Gasteiger partial charge in [-0.25, -0.2) is 9.67 Å². The number of nitrogens with zero attached hydrogens (tertiary/aromatic N) is 5. The molecular formula is C23H30N6O. The van der Waals surface area contributed by atoms with Gasteiger partial charge in [0.05, 0.1) is 12.3 Å². The molecule has 0 radical (unpaired) electrons. The lowest BCUT2D eigenvalue weighted by molar-refractivity contribution is 0.340. The molecule has 2 aromatic heterocycles. The molecule has 7 heteroatoms. The number of ether oxygens (including phenoxy) is 1. The molecule has 30 heavy (non-hydrogen) atoms. The molecule has 2 heterocycles. The van der Waals surface area contributed by atoms with E-state index in [2.05, 4.69) is 43.5 Å². The van der Waals surface area contributed by atoms with Crippen LogP contribution in [0, 0.1) is 13.8 Å². The fraction of sp³-hybridized carbons (Fsp3) is 0.348. The van der Waals surface area contributed by atoms with E-state index in [4.69, 9.17) is 4.74 Å². The van der Waals surface area contributed by atoms with Crippen molar-refractivity contribution in [2.75, 3.05) is 20.7 Å². The second-order valence-electron chi connectivity index (χ2n) is 7.20. The Balaban J connectivity index is 1.57. The minimum Gasteiger partial charge on any atom is -0.494 e. The lowest BCUT2D eigenvalue weighted by atomic mass is 10.2. The van der Waals surface area contributed by atoms with E-state index in [0.717, 1.165) is 41.0 Å². The van der Waals surface area contributed by atoms with Crippen molar-refractivity contribution in [1.29, 1.82) is 0 Å². The first kappa shape index (κ1) is 21.4. The molecule has 0 atom stereocenters. The monoisotopic (exact) mass is 406 g/mol. The maximum absolute atomic E-state index is 5.51. The summed E-state index contributed by atoms with van der Waals surface area (Å²) >= 11 is 0. The van der Waals surface area contributed by atoms with Crippen molar-refractivity contribution in [3.05, 3.63) is 71.2 Å². The first-order valence-corrected chi connectivity index (χ1v) is 10.1. The Morgan fingerprint density at radius 3 is 2.43 bits per heavy atom. The van der Waals surface area contributed by atoms with Gasteiger partial charge in [0, 0.05) is 39.1 Å². The first-order valence-electron chi connectivity index (χ1n) is 10.1. The molecule has 0 aliphatic rings. The molecule has 3 rings (SSSR count). The number of aryl methyl sites for hydroxylation is 2. The third kappa shape index (κ3) is 5.37. The van der Waals surface area contributed by atoms with Gasteiger partial charge >= 0.3 is 0 Å². The Labute approximate surface area is 178 Å². The third-order valence-electron chi connectivity index (χ3n) is 4.71. The second-order valence-corrected chi connectivity index (χ2v) is 7.20. The molecular weight excluding hydrogens is 376 g/mol.